The van der Waals surface area contributed by atoms with Crippen molar-refractivity contribution in [1.29, 1.82) is 0 Å². The number of methoxy groups -OCH3 is 1. The summed E-state index contributed by atoms with van der Waals surface area (Å²) in [6.45, 7) is 0. The van der Waals surface area contributed by atoms with Crippen molar-refractivity contribution >= 4 is 17.6 Å². The molecule has 0 aliphatic heterocycles. The van der Waals surface area contributed by atoms with E-state index in [1.807, 2.05) is 36.4 Å². The molecule has 6 nitrogen and oxygen atoms in total. The lowest BCUT2D eigenvalue weighted by molar-refractivity contribution is -0.533. The number of allylic oxidation sites excluding steroid dienone is 1. The molecule has 0 amide bonds. The fourth-order valence-corrected chi connectivity index (χ4v) is 4.80. The first-order valence-electron chi connectivity index (χ1n) is 11.1. The number of rotatable bonds is 7. The van der Waals surface area contributed by atoms with Gasteiger partial charge in [-0.2, -0.15) is 0 Å². The van der Waals surface area contributed by atoms with Crippen LogP contribution in [0.4, 0.5) is 0 Å². The lowest BCUT2D eigenvalue weighted by Crippen LogP contribution is -2.48. The van der Waals surface area contributed by atoms with Gasteiger partial charge in [-0.3, -0.25) is 19.7 Å². The van der Waals surface area contributed by atoms with Crippen molar-refractivity contribution in [1.82, 2.24) is 0 Å². The van der Waals surface area contributed by atoms with Crippen molar-refractivity contribution in [2.75, 3.05) is 7.11 Å². The van der Waals surface area contributed by atoms with E-state index in [9.17, 15) is 19.7 Å². The number of carbonyl (C=O) groups excluding carboxylic acids is 2. The number of ketones is 2. The third-order valence-electron chi connectivity index (χ3n) is 6.43. The summed E-state index contributed by atoms with van der Waals surface area (Å²) in [6, 6.07) is 24.0. The largest absolute Gasteiger partial charge is 0.497 e. The topological polar surface area (TPSA) is 86.5 Å². The van der Waals surface area contributed by atoms with Crippen molar-refractivity contribution in [3.63, 3.8) is 0 Å². The molecule has 0 N–H and O–H groups in total. The number of hydrogen-bond donors (Lipinski definition) is 0. The summed E-state index contributed by atoms with van der Waals surface area (Å²) in [6.07, 6.45) is 2.96. The quantitative estimate of drug-likeness (QED) is 0.215. The molecule has 6 heteroatoms. The fraction of sp³-hybridized carbons (Fsp3) is 0.214. The first-order valence-corrected chi connectivity index (χ1v) is 11.1. The van der Waals surface area contributed by atoms with Gasteiger partial charge in [0.2, 0.25) is 6.04 Å². The molecule has 1 saturated carbocycles. The Morgan fingerprint density at radius 1 is 0.941 bits per heavy atom. The van der Waals surface area contributed by atoms with Crippen LogP contribution in [0.2, 0.25) is 0 Å². The van der Waals surface area contributed by atoms with Gasteiger partial charge in [0, 0.05) is 11.3 Å². The predicted octanol–water partition coefficient (Wildman–Crippen LogP) is 5.08. The van der Waals surface area contributed by atoms with Gasteiger partial charge in [-0.25, -0.2) is 0 Å². The van der Waals surface area contributed by atoms with Crippen LogP contribution < -0.4 is 4.74 Å². The third-order valence-corrected chi connectivity index (χ3v) is 6.43. The minimum atomic E-state index is -1.14. The summed E-state index contributed by atoms with van der Waals surface area (Å²) in [5.74, 6) is -2.78. The lowest BCUT2D eigenvalue weighted by Gasteiger charge is -2.36. The first-order chi connectivity index (χ1) is 16.5. The molecule has 0 saturated heterocycles. The van der Waals surface area contributed by atoms with Crippen LogP contribution in [0.1, 0.15) is 34.9 Å². The van der Waals surface area contributed by atoms with Crippen molar-refractivity contribution < 1.29 is 19.2 Å². The van der Waals surface area contributed by atoms with E-state index in [-0.39, 0.29) is 17.1 Å². The van der Waals surface area contributed by atoms with Crippen LogP contribution in [0.5, 0.6) is 5.75 Å². The average Bonchev–Trinajstić information content (AvgIpc) is 2.87. The van der Waals surface area contributed by atoms with Gasteiger partial charge in [-0.1, -0.05) is 78.9 Å². The van der Waals surface area contributed by atoms with Crippen LogP contribution in [-0.4, -0.2) is 29.6 Å². The molecule has 34 heavy (non-hydrogen) atoms. The number of carbonyl (C=O) groups is 2. The van der Waals surface area contributed by atoms with Crippen molar-refractivity contribution in [3.05, 3.63) is 118 Å². The normalized spacial score (nSPS) is 22.4. The highest BCUT2D eigenvalue weighted by Gasteiger charge is 2.53. The third kappa shape index (κ3) is 4.81. The SMILES string of the molecule is COc1ccc(C2C(C(=O)C=Cc3ccccc3)C(=O)CC(c3ccccc3)C2[N+](=O)[O-])cc1. The Kier molecular flexibility index (Phi) is 6.97. The van der Waals surface area contributed by atoms with E-state index in [0.29, 0.717) is 11.3 Å². The summed E-state index contributed by atoms with van der Waals surface area (Å²) in [5, 5.41) is 12.4. The molecule has 1 fully saturated rings. The van der Waals surface area contributed by atoms with E-state index < -0.39 is 29.6 Å². The molecule has 4 rings (SSSR count). The maximum atomic E-state index is 13.4. The molecule has 172 valence electrons. The van der Waals surface area contributed by atoms with Gasteiger partial charge < -0.3 is 4.74 Å². The van der Waals surface area contributed by atoms with E-state index in [2.05, 4.69) is 0 Å². The molecule has 4 atom stereocenters. The molecule has 0 aromatic heterocycles. The van der Waals surface area contributed by atoms with Crippen molar-refractivity contribution in [3.8, 4) is 5.75 Å². The Morgan fingerprint density at radius 2 is 1.56 bits per heavy atom. The second-order valence-electron chi connectivity index (χ2n) is 8.39. The van der Waals surface area contributed by atoms with Gasteiger partial charge in [0.05, 0.1) is 24.9 Å². The van der Waals surface area contributed by atoms with Crippen LogP contribution >= 0.6 is 0 Å². The Balaban J connectivity index is 1.78. The van der Waals surface area contributed by atoms with Gasteiger partial charge >= 0.3 is 0 Å². The highest BCUT2D eigenvalue weighted by atomic mass is 16.6. The highest BCUT2D eigenvalue weighted by molar-refractivity contribution is 6.10. The van der Waals surface area contributed by atoms with E-state index >= 15 is 0 Å². The average molecular weight is 456 g/mol. The number of Topliss-reactive ketones (excluding diaryl/α,β-unsaturated/α-hetero) is 1. The Morgan fingerprint density at radius 3 is 2.15 bits per heavy atom. The summed E-state index contributed by atoms with van der Waals surface area (Å²) < 4.78 is 5.23. The molecular formula is C28H25NO5. The van der Waals surface area contributed by atoms with E-state index in [0.717, 1.165) is 11.1 Å². The molecule has 0 spiro atoms. The lowest BCUT2D eigenvalue weighted by atomic mass is 9.64. The van der Waals surface area contributed by atoms with E-state index in [1.54, 1.807) is 54.6 Å². The minimum Gasteiger partial charge on any atom is -0.497 e. The van der Waals surface area contributed by atoms with Crippen molar-refractivity contribution in [2.45, 2.75) is 24.3 Å². The van der Waals surface area contributed by atoms with Gasteiger partial charge in [0.1, 0.15) is 11.5 Å². The minimum absolute atomic E-state index is 0.0576. The maximum Gasteiger partial charge on any atom is 0.228 e. The van der Waals surface area contributed by atoms with Gasteiger partial charge in [-0.15, -0.1) is 0 Å². The molecule has 1 aliphatic carbocycles. The molecular weight excluding hydrogens is 430 g/mol. The van der Waals surface area contributed by atoms with Crippen LogP contribution in [0, 0.1) is 16.0 Å². The number of benzene rings is 3. The van der Waals surface area contributed by atoms with Crippen molar-refractivity contribution in [2.24, 2.45) is 5.92 Å². The predicted molar refractivity (Wildman–Crippen MR) is 129 cm³/mol. The summed E-state index contributed by atoms with van der Waals surface area (Å²) in [5.41, 5.74) is 2.11. The smallest absolute Gasteiger partial charge is 0.228 e. The molecule has 0 bridgehead atoms. The van der Waals surface area contributed by atoms with Crippen LogP contribution in [-0.2, 0) is 9.59 Å². The number of nitro groups is 1. The Labute approximate surface area is 198 Å². The molecule has 3 aromatic carbocycles. The van der Waals surface area contributed by atoms with Gasteiger partial charge in [0.25, 0.3) is 0 Å². The first kappa shape index (κ1) is 23.1. The standard InChI is InChI=1S/C28H25NO5/c1-34-22-15-13-21(14-16-22)26-27(24(30)17-12-19-8-4-2-5-9-19)25(31)18-23(28(26)29(32)33)20-10-6-3-7-11-20/h2-17,23,26-28H,18H2,1H3. The zero-order valence-corrected chi connectivity index (χ0v) is 18.7. The zero-order valence-electron chi connectivity index (χ0n) is 18.7. The highest BCUT2D eigenvalue weighted by Crippen LogP contribution is 2.45. The molecule has 3 aromatic rings. The van der Waals surface area contributed by atoms with E-state index in [4.69, 9.17) is 4.74 Å². The van der Waals surface area contributed by atoms with Gasteiger partial charge in [0.15, 0.2) is 5.78 Å². The summed E-state index contributed by atoms with van der Waals surface area (Å²) in [4.78, 5) is 38.9. The van der Waals surface area contributed by atoms with E-state index in [1.165, 1.54) is 13.2 Å². The number of hydrogen-bond acceptors (Lipinski definition) is 5. The second kappa shape index (κ2) is 10.3. The Hall–Kier alpha value is -4.06. The van der Waals surface area contributed by atoms with Crippen LogP contribution in [0.3, 0.4) is 0 Å². The van der Waals surface area contributed by atoms with Crippen LogP contribution in [0.15, 0.2) is 91.0 Å². The second-order valence-corrected chi connectivity index (χ2v) is 8.39. The summed E-state index contributed by atoms with van der Waals surface area (Å²) >= 11 is 0. The molecule has 0 heterocycles. The maximum absolute atomic E-state index is 13.4. The zero-order chi connectivity index (χ0) is 24.1. The molecule has 4 unspecified atom stereocenters. The summed E-state index contributed by atoms with van der Waals surface area (Å²) in [7, 11) is 1.53. The fourth-order valence-electron chi connectivity index (χ4n) is 4.80. The van der Waals surface area contributed by atoms with Crippen LogP contribution in [0.25, 0.3) is 6.08 Å². The molecule has 0 radical (unpaired) electrons. The van der Waals surface area contributed by atoms with Gasteiger partial charge in [-0.05, 0) is 34.9 Å². The number of nitrogens with zero attached hydrogens (tertiary/aromatic N) is 1. The number of ether oxygens (including phenoxy) is 1. The molecule has 1 aliphatic rings. The monoisotopic (exact) mass is 455 g/mol. The Bertz CT molecular complexity index is 1190.